The highest BCUT2D eigenvalue weighted by molar-refractivity contribution is 7.89. The first kappa shape index (κ1) is 22.5. The van der Waals surface area contributed by atoms with Crippen LogP contribution in [-0.2, 0) is 10.0 Å². The van der Waals surface area contributed by atoms with Crippen LogP contribution in [0.5, 0.6) is 5.75 Å². The number of anilines is 1. The summed E-state index contributed by atoms with van der Waals surface area (Å²) in [6.45, 7) is 6.10. The first-order valence-corrected chi connectivity index (χ1v) is 10.8. The molecule has 0 atom stereocenters. The maximum atomic E-state index is 12.5. The molecular weight excluding hydrogens is 410 g/mol. The second-order valence-corrected chi connectivity index (χ2v) is 8.09. The summed E-state index contributed by atoms with van der Waals surface area (Å²) >= 11 is 5.18. The van der Waals surface area contributed by atoms with Crippen LogP contribution in [0.15, 0.2) is 66.1 Å². The van der Waals surface area contributed by atoms with Crippen LogP contribution >= 0.6 is 12.2 Å². The highest BCUT2D eigenvalue weighted by Gasteiger charge is 2.15. The molecule has 3 N–H and O–H groups in total. The smallest absolute Gasteiger partial charge is 0.261 e. The van der Waals surface area contributed by atoms with Gasteiger partial charge in [0.2, 0.25) is 10.0 Å². The van der Waals surface area contributed by atoms with Gasteiger partial charge < -0.3 is 10.1 Å². The minimum absolute atomic E-state index is 0.0840. The average Bonchev–Trinajstić information content (AvgIpc) is 2.71. The van der Waals surface area contributed by atoms with E-state index in [-0.39, 0.29) is 16.6 Å². The molecule has 2 aromatic carbocycles. The molecule has 0 aliphatic heterocycles. The Hall–Kier alpha value is -2.75. The van der Waals surface area contributed by atoms with Crippen LogP contribution in [0.2, 0.25) is 0 Å². The summed E-state index contributed by atoms with van der Waals surface area (Å²) in [6.07, 6.45) is 2.28. The van der Waals surface area contributed by atoms with Gasteiger partial charge in [-0.3, -0.25) is 10.1 Å². The van der Waals surface area contributed by atoms with Crippen molar-refractivity contribution in [3.8, 4) is 5.75 Å². The molecule has 0 unspecified atom stereocenters. The van der Waals surface area contributed by atoms with E-state index in [2.05, 4.69) is 21.9 Å². The molecule has 0 aliphatic rings. The summed E-state index contributed by atoms with van der Waals surface area (Å²) in [5, 5.41) is 5.53. The summed E-state index contributed by atoms with van der Waals surface area (Å²) in [6, 6.07) is 12.9. The van der Waals surface area contributed by atoms with E-state index < -0.39 is 15.9 Å². The number of carbonyl (C=O) groups excluding carboxylic acids is 1. The zero-order chi connectivity index (χ0) is 21.3. The van der Waals surface area contributed by atoms with Crippen LogP contribution in [0, 0.1) is 0 Å². The van der Waals surface area contributed by atoms with Gasteiger partial charge in [0, 0.05) is 12.2 Å². The Labute approximate surface area is 176 Å². The van der Waals surface area contributed by atoms with E-state index in [4.69, 9.17) is 17.0 Å². The summed E-state index contributed by atoms with van der Waals surface area (Å²) in [5.41, 5.74) is 0.910. The predicted octanol–water partition coefficient (Wildman–Crippen LogP) is 3.07. The molecule has 0 saturated heterocycles. The molecule has 0 fully saturated rings. The molecule has 2 rings (SSSR count). The lowest BCUT2D eigenvalue weighted by molar-refractivity contribution is 0.0973. The number of sulfonamides is 1. The summed E-state index contributed by atoms with van der Waals surface area (Å²) in [4.78, 5) is 12.6. The SMILES string of the molecule is C=CCNS(=O)(=O)c1ccc(NC(=S)NC(=O)c2ccccc2OCCC)cc1. The van der Waals surface area contributed by atoms with Crippen LogP contribution in [0.25, 0.3) is 0 Å². The Bertz CT molecular complexity index is 973. The quantitative estimate of drug-likeness (QED) is 0.415. The third-order valence-electron chi connectivity index (χ3n) is 3.66. The van der Waals surface area contributed by atoms with Crippen LogP contribution in [0.3, 0.4) is 0 Å². The van der Waals surface area contributed by atoms with Crippen molar-refractivity contribution >= 4 is 38.9 Å². The van der Waals surface area contributed by atoms with Crippen molar-refractivity contribution in [1.82, 2.24) is 10.0 Å². The van der Waals surface area contributed by atoms with Gasteiger partial charge in [0.25, 0.3) is 5.91 Å². The molecule has 0 radical (unpaired) electrons. The number of carbonyl (C=O) groups is 1. The van der Waals surface area contributed by atoms with Gasteiger partial charge in [-0.1, -0.05) is 25.1 Å². The number of rotatable bonds is 9. The van der Waals surface area contributed by atoms with Crippen molar-refractivity contribution in [2.45, 2.75) is 18.2 Å². The molecular formula is C20H23N3O4S2. The second kappa shape index (κ2) is 10.7. The van der Waals surface area contributed by atoms with Crippen LogP contribution in [-0.4, -0.2) is 32.6 Å². The Morgan fingerprint density at radius 3 is 2.52 bits per heavy atom. The Balaban J connectivity index is 2.01. The van der Waals surface area contributed by atoms with E-state index in [9.17, 15) is 13.2 Å². The first-order chi connectivity index (χ1) is 13.9. The van der Waals surface area contributed by atoms with Crippen molar-refractivity contribution in [3.63, 3.8) is 0 Å². The zero-order valence-corrected chi connectivity index (χ0v) is 17.6. The second-order valence-electron chi connectivity index (χ2n) is 5.92. The Morgan fingerprint density at radius 2 is 1.86 bits per heavy atom. The maximum Gasteiger partial charge on any atom is 0.261 e. The van der Waals surface area contributed by atoms with Gasteiger partial charge in [-0.15, -0.1) is 6.58 Å². The number of hydrogen-bond acceptors (Lipinski definition) is 5. The molecule has 2 aromatic rings. The molecule has 0 bridgehead atoms. The standard InChI is InChI=1S/C20H23N3O4S2/c1-3-13-21-29(25,26)16-11-9-15(10-12-16)22-20(28)23-19(24)17-7-5-6-8-18(17)27-14-4-2/h3,5-12,21H,1,4,13-14H2,2H3,(H2,22,23,24,28). The molecule has 0 aliphatic carbocycles. The van der Waals surface area contributed by atoms with Gasteiger partial charge in [-0.25, -0.2) is 13.1 Å². The monoisotopic (exact) mass is 433 g/mol. The lowest BCUT2D eigenvalue weighted by Crippen LogP contribution is -2.34. The molecule has 7 nitrogen and oxygen atoms in total. The van der Waals surface area contributed by atoms with E-state index in [1.54, 1.807) is 36.4 Å². The van der Waals surface area contributed by atoms with Gasteiger partial charge in [-0.2, -0.15) is 0 Å². The van der Waals surface area contributed by atoms with Crippen molar-refractivity contribution in [1.29, 1.82) is 0 Å². The number of hydrogen-bond donors (Lipinski definition) is 3. The zero-order valence-electron chi connectivity index (χ0n) is 16.0. The number of nitrogens with one attached hydrogen (secondary N) is 3. The first-order valence-electron chi connectivity index (χ1n) is 8.92. The Morgan fingerprint density at radius 1 is 1.17 bits per heavy atom. The predicted molar refractivity (Wildman–Crippen MR) is 118 cm³/mol. The molecule has 0 aromatic heterocycles. The van der Waals surface area contributed by atoms with Gasteiger partial charge in [0.15, 0.2) is 5.11 Å². The molecule has 0 saturated carbocycles. The van der Waals surface area contributed by atoms with E-state index in [1.165, 1.54) is 18.2 Å². The van der Waals surface area contributed by atoms with Gasteiger partial charge in [-0.05, 0) is 55.0 Å². The highest BCUT2D eigenvalue weighted by Crippen LogP contribution is 2.18. The van der Waals surface area contributed by atoms with Crippen LogP contribution < -0.4 is 20.1 Å². The van der Waals surface area contributed by atoms with Crippen molar-refractivity contribution in [2.24, 2.45) is 0 Å². The number of amides is 1. The summed E-state index contributed by atoms with van der Waals surface area (Å²) in [7, 11) is -3.60. The topological polar surface area (TPSA) is 96.5 Å². The number of benzene rings is 2. The van der Waals surface area contributed by atoms with Gasteiger partial charge in [0.05, 0.1) is 17.1 Å². The number of ether oxygens (including phenoxy) is 1. The minimum atomic E-state index is -3.60. The third kappa shape index (κ3) is 6.67. The van der Waals surface area contributed by atoms with E-state index >= 15 is 0 Å². The van der Waals surface area contributed by atoms with E-state index in [1.807, 2.05) is 6.92 Å². The van der Waals surface area contributed by atoms with Crippen molar-refractivity contribution in [3.05, 3.63) is 66.7 Å². The van der Waals surface area contributed by atoms with Gasteiger partial charge >= 0.3 is 0 Å². The normalized spacial score (nSPS) is 10.8. The van der Waals surface area contributed by atoms with E-state index in [0.29, 0.717) is 23.6 Å². The van der Waals surface area contributed by atoms with Crippen molar-refractivity contribution in [2.75, 3.05) is 18.5 Å². The summed E-state index contributed by atoms with van der Waals surface area (Å²) in [5.74, 6) is 0.0817. The third-order valence-corrected chi connectivity index (χ3v) is 5.30. The largest absolute Gasteiger partial charge is 0.493 e. The fraction of sp³-hybridized carbons (Fsp3) is 0.200. The maximum absolute atomic E-state index is 12.5. The lowest BCUT2D eigenvalue weighted by Gasteiger charge is -2.13. The number of para-hydroxylation sites is 1. The molecule has 0 spiro atoms. The fourth-order valence-electron chi connectivity index (χ4n) is 2.29. The highest BCUT2D eigenvalue weighted by atomic mass is 32.2. The molecule has 9 heteroatoms. The molecule has 29 heavy (non-hydrogen) atoms. The average molecular weight is 434 g/mol. The number of thiocarbonyl (C=S) groups is 1. The molecule has 1 amide bonds. The van der Waals surface area contributed by atoms with Crippen molar-refractivity contribution < 1.29 is 17.9 Å². The Kier molecular flexibility index (Phi) is 8.32. The molecule has 154 valence electrons. The van der Waals surface area contributed by atoms with Crippen LogP contribution in [0.1, 0.15) is 23.7 Å². The summed E-state index contributed by atoms with van der Waals surface area (Å²) < 4.78 is 32.1. The van der Waals surface area contributed by atoms with Gasteiger partial charge in [0.1, 0.15) is 5.75 Å². The minimum Gasteiger partial charge on any atom is -0.493 e. The lowest BCUT2D eigenvalue weighted by atomic mass is 10.2. The molecule has 0 heterocycles. The van der Waals surface area contributed by atoms with E-state index in [0.717, 1.165) is 6.42 Å². The van der Waals surface area contributed by atoms with Crippen LogP contribution in [0.4, 0.5) is 5.69 Å². The fourth-order valence-corrected chi connectivity index (χ4v) is 3.50.